The SMILES string of the molecule is CCOc1cc(/C=C2/SC(=S)N(CC)C2=O)ccc1OCCCOc1cc(C)cc(C)c1. The van der Waals surface area contributed by atoms with Gasteiger partial charge in [-0.05, 0) is 74.7 Å². The van der Waals surface area contributed by atoms with E-state index in [1.54, 1.807) is 4.90 Å². The zero-order chi connectivity index (χ0) is 23.1. The number of thioether (sulfide) groups is 1. The van der Waals surface area contributed by atoms with Crippen LogP contribution in [0.2, 0.25) is 0 Å². The molecule has 0 spiro atoms. The average molecular weight is 472 g/mol. The fourth-order valence-corrected chi connectivity index (χ4v) is 4.76. The topological polar surface area (TPSA) is 48.0 Å². The molecule has 0 bridgehead atoms. The van der Waals surface area contributed by atoms with Crippen LogP contribution >= 0.6 is 24.0 Å². The van der Waals surface area contributed by atoms with Crippen LogP contribution in [0.15, 0.2) is 41.3 Å². The second-order valence-corrected chi connectivity index (χ2v) is 9.11. The van der Waals surface area contributed by atoms with Crippen molar-refractivity contribution in [3.05, 3.63) is 58.0 Å². The van der Waals surface area contributed by atoms with E-state index in [0.717, 1.165) is 17.7 Å². The summed E-state index contributed by atoms with van der Waals surface area (Å²) in [5, 5.41) is 0. The first-order chi connectivity index (χ1) is 15.4. The third-order valence-corrected chi connectivity index (χ3v) is 6.14. The van der Waals surface area contributed by atoms with E-state index in [4.69, 9.17) is 26.4 Å². The van der Waals surface area contributed by atoms with E-state index < -0.39 is 0 Å². The van der Waals surface area contributed by atoms with Gasteiger partial charge in [-0.25, -0.2) is 0 Å². The number of likely N-dealkylation sites (N-methyl/N-ethyl adjacent to an activating group) is 1. The Morgan fingerprint density at radius 3 is 2.34 bits per heavy atom. The first-order valence-corrected chi connectivity index (χ1v) is 12.0. The number of benzene rings is 2. The van der Waals surface area contributed by atoms with Gasteiger partial charge in [0.2, 0.25) is 0 Å². The van der Waals surface area contributed by atoms with Crippen LogP contribution < -0.4 is 14.2 Å². The molecular weight excluding hydrogens is 442 g/mol. The molecule has 170 valence electrons. The van der Waals surface area contributed by atoms with Crippen LogP contribution in [0.1, 0.15) is 37.0 Å². The summed E-state index contributed by atoms with van der Waals surface area (Å²) in [5.74, 6) is 2.17. The lowest BCUT2D eigenvalue weighted by atomic mass is 10.1. The number of carbonyl (C=O) groups is 1. The molecule has 1 heterocycles. The van der Waals surface area contributed by atoms with E-state index in [2.05, 4.69) is 19.9 Å². The van der Waals surface area contributed by atoms with Gasteiger partial charge in [0.15, 0.2) is 11.5 Å². The van der Waals surface area contributed by atoms with Crippen LogP contribution in [0.3, 0.4) is 0 Å². The number of hydrogen-bond acceptors (Lipinski definition) is 6. The van der Waals surface area contributed by atoms with Gasteiger partial charge in [-0.1, -0.05) is 36.1 Å². The fraction of sp³-hybridized carbons (Fsp3) is 0.360. The number of nitrogens with zero attached hydrogens (tertiary/aromatic N) is 1. The third-order valence-electron chi connectivity index (χ3n) is 4.77. The molecule has 32 heavy (non-hydrogen) atoms. The van der Waals surface area contributed by atoms with E-state index in [0.29, 0.717) is 47.1 Å². The summed E-state index contributed by atoms with van der Waals surface area (Å²) in [6, 6.07) is 11.9. The Morgan fingerprint density at radius 2 is 1.69 bits per heavy atom. The summed E-state index contributed by atoms with van der Waals surface area (Å²) in [7, 11) is 0. The molecule has 7 heteroatoms. The molecular formula is C25H29NO4S2. The normalized spacial score (nSPS) is 14.9. The molecule has 0 saturated carbocycles. The fourth-order valence-electron chi connectivity index (χ4n) is 3.37. The Kier molecular flexibility index (Phi) is 8.59. The predicted molar refractivity (Wildman–Crippen MR) is 135 cm³/mol. The first kappa shape index (κ1) is 24.1. The Morgan fingerprint density at radius 1 is 0.969 bits per heavy atom. The van der Waals surface area contributed by atoms with E-state index in [-0.39, 0.29) is 5.91 Å². The highest BCUT2D eigenvalue weighted by molar-refractivity contribution is 8.26. The maximum atomic E-state index is 12.5. The smallest absolute Gasteiger partial charge is 0.266 e. The highest BCUT2D eigenvalue weighted by Crippen LogP contribution is 2.34. The van der Waals surface area contributed by atoms with E-state index >= 15 is 0 Å². The monoisotopic (exact) mass is 471 g/mol. The van der Waals surface area contributed by atoms with Crippen LogP contribution in [-0.2, 0) is 4.79 Å². The summed E-state index contributed by atoms with van der Waals surface area (Å²) in [5.41, 5.74) is 3.25. The van der Waals surface area contributed by atoms with E-state index in [9.17, 15) is 4.79 Å². The number of ether oxygens (including phenoxy) is 3. The lowest BCUT2D eigenvalue weighted by Gasteiger charge is -2.13. The molecule has 5 nitrogen and oxygen atoms in total. The number of carbonyl (C=O) groups excluding carboxylic acids is 1. The number of amides is 1. The number of rotatable bonds is 10. The Balaban J connectivity index is 1.59. The van der Waals surface area contributed by atoms with Crippen LogP contribution in [-0.4, -0.2) is 41.5 Å². The molecule has 0 radical (unpaired) electrons. The minimum atomic E-state index is -0.0513. The zero-order valence-electron chi connectivity index (χ0n) is 19.0. The summed E-state index contributed by atoms with van der Waals surface area (Å²) < 4.78 is 18.2. The Labute approximate surface area is 199 Å². The second kappa shape index (κ2) is 11.4. The quantitative estimate of drug-likeness (QED) is 0.249. The number of thiocarbonyl (C=S) groups is 1. The molecule has 2 aromatic rings. The summed E-state index contributed by atoms with van der Waals surface area (Å²) >= 11 is 6.61. The van der Waals surface area contributed by atoms with Gasteiger partial charge in [0.05, 0.1) is 24.7 Å². The molecule has 0 aromatic heterocycles. The van der Waals surface area contributed by atoms with Gasteiger partial charge < -0.3 is 14.2 Å². The van der Waals surface area contributed by atoms with Gasteiger partial charge in [0.25, 0.3) is 5.91 Å². The molecule has 2 aromatic carbocycles. The molecule has 1 aliphatic rings. The molecule has 0 atom stereocenters. The van der Waals surface area contributed by atoms with Crippen molar-refractivity contribution in [2.24, 2.45) is 0 Å². The standard InChI is InChI=1S/C25H29NO4S2/c1-5-26-24(27)23(32-25(26)31)16-19-8-9-21(22(15-19)28-6-2)30-11-7-10-29-20-13-17(3)12-18(4)14-20/h8-9,12-16H,5-7,10-11H2,1-4H3/b23-16+. The molecule has 0 unspecified atom stereocenters. The Bertz CT molecular complexity index is 999. The summed E-state index contributed by atoms with van der Waals surface area (Å²) in [6.07, 6.45) is 2.60. The van der Waals surface area contributed by atoms with Gasteiger partial charge in [0, 0.05) is 13.0 Å². The predicted octanol–water partition coefficient (Wildman–Crippen LogP) is 5.77. The van der Waals surface area contributed by atoms with E-state index in [1.807, 2.05) is 50.3 Å². The van der Waals surface area contributed by atoms with Crippen molar-refractivity contribution in [1.29, 1.82) is 0 Å². The van der Waals surface area contributed by atoms with Crippen molar-refractivity contribution in [2.45, 2.75) is 34.1 Å². The largest absolute Gasteiger partial charge is 0.493 e. The Hall–Kier alpha value is -2.51. The minimum absolute atomic E-state index is 0.0513. The van der Waals surface area contributed by atoms with Gasteiger partial charge in [0.1, 0.15) is 10.1 Å². The molecule has 3 rings (SSSR count). The van der Waals surface area contributed by atoms with Gasteiger partial charge in [-0.3, -0.25) is 9.69 Å². The second-order valence-electron chi connectivity index (χ2n) is 7.44. The van der Waals surface area contributed by atoms with Crippen LogP contribution in [0.4, 0.5) is 0 Å². The van der Waals surface area contributed by atoms with Crippen molar-refractivity contribution in [3.63, 3.8) is 0 Å². The first-order valence-electron chi connectivity index (χ1n) is 10.8. The van der Waals surface area contributed by atoms with Crippen molar-refractivity contribution < 1.29 is 19.0 Å². The minimum Gasteiger partial charge on any atom is -0.493 e. The van der Waals surface area contributed by atoms with Gasteiger partial charge in [-0.15, -0.1) is 0 Å². The van der Waals surface area contributed by atoms with Crippen LogP contribution in [0.25, 0.3) is 6.08 Å². The third kappa shape index (κ3) is 6.26. The average Bonchev–Trinajstić information content (AvgIpc) is 3.01. The van der Waals surface area contributed by atoms with Crippen molar-refractivity contribution in [2.75, 3.05) is 26.4 Å². The van der Waals surface area contributed by atoms with Crippen LogP contribution in [0.5, 0.6) is 17.2 Å². The number of aryl methyl sites for hydroxylation is 2. The maximum Gasteiger partial charge on any atom is 0.266 e. The van der Waals surface area contributed by atoms with E-state index in [1.165, 1.54) is 22.9 Å². The molecule has 1 aliphatic heterocycles. The lowest BCUT2D eigenvalue weighted by Crippen LogP contribution is -2.27. The summed E-state index contributed by atoms with van der Waals surface area (Å²) in [4.78, 5) is 14.7. The van der Waals surface area contributed by atoms with Crippen LogP contribution in [0, 0.1) is 13.8 Å². The molecule has 1 amide bonds. The zero-order valence-corrected chi connectivity index (χ0v) is 20.6. The summed E-state index contributed by atoms with van der Waals surface area (Å²) in [6.45, 7) is 10.2. The highest BCUT2D eigenvalue weighted by Gasteiger charge is 2.30. The molecule has 0 N–H and O–H groups in total. The van der Waals surface area contributed by atoms with Crippen molar-refractivity contribution in [1.82, 2.24) is 4.90 Å². The van der Waals surface area contributed by atoms with Crippen molar-refractivity contribution in [3.8, 4) is 17.2 Å². The van der Waals surface area contributed by atoms with Gasteiger partial charge in [-0.2, -0.15) is 0 Å². The lowest BCUT2D eigenvalue weighted by molar-refractivity contribution is -0.121. The van der Waals surface area contributed by atoms with Crippen molar-refractivity contribution >= 4 is 40.3 Å². The van der Waals surface area contributed by atoms with Gasteiger partial charge >= 0.3 is 0 Å². The molecule has 0 aliphatic carbocycles. The number of hydrogen-bond donors (Lipinski definition) is 0. The maximum absolute atomic E-state index is 12.5. The highest BCUT2D eigenvalue weighted by atomic mass is 32.2. The molecule has 1 saturated heterocycles. The molecule has 1 fully saturated rings.